The number of fused-ring (bicyclic) bond motifs is 2. The first-order chi connectivity index (χ1) is 40.6. The first kappa shape index (κ1) is 62.2. The van der Waals surface area contributed by atoms with Gasteiger partial charge in [-0.3, -0.25) is 19.2 Å². The Balaban J connectivity index is 1.32. The van der Waals surface area contributed by atoms with Crippen LogP contribution in [0.3, 0.4) is 0 Å². The van der Waals surface area contributed by atoms with Crippen molar-refractivity contribution in [2.24, 2.45) is 11.8 Å². The quantitative estimate of drug-likeness (QED) is 0.0326. The van der Waals surface area contributed by atoms with Crippen molar-refractivity contribution in [1.82, 2.24) is 4.57 Å². The summed E-state index contributed by atoms with van der Waals surface area (Å²) < 4.78 is 194. The molecule has 0 bridgehead atoms. The Morgan fingerprint density at radius 2 is 1.01 bits per heavy atom. The molecule has 21 heteroatoms. The lowest BCUT2D eigenvalue weighted by Crippen LogP contribution is -2.32. The molecule has 3 atom stereocenters. The minimum atomic E-state index is -5.41. The number of unbranched alkanes of at least 4 members (excludes halogenated alkanes) is 2. The van der Waals surface area contributed by atoms with Crippen LogP contribution < -0.4 is 20.6 Å². The van der Waals surface area contributed by atoms with Gasteiger partial charge in [0.1, 0.15) is 28.6 Å². The summed E-state index contributed by atoms with van der Waals surface area (Å²) in [6, 6.07) is 16.0. The largest absolute Gasteiger partial charge is 0.492 e. The van der Waals surface area contributed by atoms with Crippen LogP contribution in [0.25, 0.3) is 71.4 Å². The van der Waals surface area contributed by atoms with E-state index in [0.717, 1.165) is 75.6 Å². The average Bonchev–Trinajstić information content (AvgIpc) is 0.707. The smallest absolute Gasteiger partial charge is 0.416 e. The Morgan fingerprint density at radius 1 is 0.558 bits per heavy atom. The molecular formula is C65H55F12NO8. The maximum absolute atomic E-state index is 15.3. The molecule has 9 rings (SSSR count). The van der Waals surface area contributed by atoms with Gasteiger partial charge in [0.25, 0.3) is 11.1 Å². The number of alkyl halides is 12. The third kappa shape index (κ3) is 12.4. The molecule has 9 nitrogen and oxygen atoms in total. The van der Waals surface area contributed by atoms with Crippen LogP contribution >= 0.6 is 0 Å². The van der Waals surface area contributed by atoms with Crippen molar-refractivity contribution in [3.63, 3.8) is 0 Å². The first-order valence-corrected chi connectivity index (χ1v) is 27.8. The summed E-state index contributed by atoms with van der Waals surface area (Å²) >= 11 is 0. The number of aldehydes is 1. The lowest BCUT2D eigenvalue weighted by molar-refractivity contribution is -0.144. The second-order valence-electron chi connectivity index (χ2n) is 21.4. The number of rotatable bonds is 21. The molecule has 0 fully saturated rings. The van der Waals surface area contributed by atoms with Crippen LogP contribution in [-0.2, 0) is 29.5 Å². The number of carbonyl (C=O) groups excluding carboxylic acids is 1. The third-order valence-corrected chi connectivity index (χ3v) is 15.7. The second-order valence-corrected chi connectivity index (χ2v) is 21.4. The standard InChI is InChI=1S/C65H55F12NO8/c1-5-9-13-34(7-3)32-84-52-25-39(26-53(50(52)31-79)85-33-35(8-4)14-10-6-2)54(61(82)83)36-17-19-44(20-18-36)78-59(80)48-29-46(37-21-40(62(66,67)68)27-41(22-37)63(69,70)71)55-45-15-11-12-16-51(45)86-58-47(30-49(60(78)81)56(48)57(55)58)38-23-42(64(72,73)74)28-43(24-38)65(75,76)77/h11-12,15-31,34-35,54H,5-10,13-14,32-33H2,1-4H3,(H,82,83). The number of pyridine rings is 1. The molecule has 9 aromatic rings. The topological polar surface area (TPSA) is 125 Å². The van der Waals surface area contributed by atoms with Crippen molar-refractivity contribution < 1.29 is 81.3 Å². The Labute approximate surface area is 483 Å². The van der Waals surface area contributed by atoms with Gasteiger partial charge in [0.2, 0.25) is 0 Å². The van der Waals surface area contributed by atoms with E-state index in [1.54, 1.807) is 0 Å². The SMILES string of the molecule is CCCCC(CC)COc1cc(C(C(=O)O)c2ccc(-n3c(=O)c4cc(-c5cc(C(F)(F)F)cc(C(F)(F)F)c5)c5oc6ccccc6c6c(-c7cc(C(F)(F)F)cc(C(F)(F)F)c7)cc(c3=O)c4c56)cc2)cc(OCC(CC)CCCC)c1C=O. The molecule has 7 aromatic carbocycles. The van der Waals surface area contributed by atoms with Gasteiger partial charge in [0, 0.05) is 37.9 Å². The zero-order valence-electron chi connectivity index (χ0n) is 46.6. The highest BCUT2D eigenvalue weighted by molar-refractivity contribution is 6.32. The summed E-state index contributed by atoms with van der Waals surface area (Å²) in [4.78, 5) is 56.9. The van der Waals surface area contributed by atoms with E-state index in [1.807, 2.05) is 27.7 Å². The Morgan fingerprint density at radius 3 is 1.44 bits per heavy atom. The number of carbonyl (C=O) groups is 2. The lowest BCUT2D eigenvalue weighted by atomic mass is 9.86. The van der Waals surface area contributed by atoms with Gasteiger partial charge < -0.3 is 19.0 Å². The van der Waals surface area contributed by atoms with Gasteiger partial charge >= 0.3 is 30.7 Å². The number of halogens is 12. The second kappa shape index (κ2) is 24.2. The molecule has 0 radical (unpaired) electrons. The number of ether oxygens (including phenoxy) is 2. The number of hydrogen-bond donors (Lipinski definition) is 1. The molecule has 0 saturated carbocycles. The third-order valence-electron chi connectivity index (χ3n) is 15.7. The van der Waals surface area contributed by atoms with Crippen molar-refractivity contribution in [1.29, 1.82) is 0 Å². The van der Waals surface area contributed by atoms with Crippen molar-refractivity contribution in [3.05, 3.63) is 169 Å². The monoisotopic (exact) mass is 1210 g/mol. The van der Waals surface area contributed by atoms with E-state index in [1.165, 1.54) is 48.5 Å². The molecule has 2 heterocycles. The summed E-state index contributed by atoms with van der Waals surface area (Å²) in [7, 11) is 0. The van der Waals surface area contributed by atoms with Crippen molar-refractivity contribution in [2.75, 3.05) is 13.2 Å². The fourth-order valence-electron chi connectivity index (χ4n) is 11.1. The van der Waals surface area contributed by atoms with Crippen LogP contribution in [0.1, 0.15) is 129 Å². The molecule has 3 unspecified atom stereocenters. The maximum Gasteiger partial charge on any atom is 0.416 e. The van der Waals surface area contributed by atoms with Gasteiger partial charge in [0.15, 0.2) is 6.29 Å². The van der Waals surface area contributed by atoms with Gasteiger partial charge in [-0.1, -0.05) is 96.6 Å². The van der Waals surface area contributed by atoms with E-state index in [2.05, 4.69) is 0 Å². The lowest BCUT2D eigenvalue weighted by Gasteiger charge is -2.22. The molecule has 2 aromatic heterocycles. The fraction of sp³-hybridized carbons (Fsp3) is 0.323. The maximum atomic E-state index is 15.3. The molecule has 86 heavy (non-hydrogen) atoms. The van der Waals surface area contributed by atoms with E-state index in [0.29, 0.717) is 35.1 Å². The molecule has 0 spiro atoms. The van der Waals surface area contributed by atoms with Crippen LogP contribution in [0.4, 0.5) is 52.7 Å². The summed E-state index contributed by atoms with van der Waals surface area (Å²) in [6.07, 6.45) is -14.3. The van der Waals surface area contributed by atoms with E-state index in [4.69, 9.17) is 13.9 Å². The van der Waals surface area contributed by atoms with E-state index < -0.39 is 114 Å². The summed E-state index contributed by atoms with van der Waals surface area (Å²) in [5, 5.41) is 8.70. The number of carboxylic acids is 1. The fourth-order valence-corrected chi connectivity index (χ4v) is 11.1. The van der Waals surface area contributed by atoms with Gasteiger partial charge in [-0.2, -0.15) is 52.7 Å². The van der Waals surface area contributed by atoms with E-state index in [-0.39, 0.29) is 92.8 Å². The van der Waals surface area contributed by atoms with E-state index >= 15 is 9.59 Å². The minimum Gasteiger partial charge on any atom is -0.492 e. The van der Waals surface area contributed by atoms with Crippen LogP contribution in [0.5, 0.6) is 11.5 Å². The van der Waals surface area contributed by atoms with Gasteiger partial charge in [-0.25, -0.2) is 4.57 Å². The zero-order chi connectivity index (χ0) is 62.4. The highest BCUT2D eigenvalue weighted by Crippen LogP contribution is 2.49. The molecule has 0 aliphatic heterocycles. The molecular weight excluding hydrogens is 1150 g/mol. The molecule has 0 aliphatic carbocycles. The predicted octanol–water partition coefficient (Wildman–Crippen LogP) is 18.5. The number of hydrogen-bond acceptors (Lipinski definition) is 7. The van der Waals surface area contributed by atoms with Gasteiger partial charge in [-0.05, 0) is 131 Å². The van der Waals surface area contributed by atoms with E-state index in [9.17, 15) is 67.4 Å². The van der Waals surface area contributed by atoms with Crippen molar-refractivity contribution in [2.45, 2.75) is 110 Å². The molecule has 0 amide bonds. The number of carboxylic acid groups (broad SMARTS) is 1. The number of aliphatic carboxylic acids is 1. The molecule has 452 valence electrons. The average molecular weight is 1210 g/mol. The number of aromatic nitrogens is 1. The zero-order valence-corrected chi connectivity index (χ0v) is 46.6. The van der Waals surface area contributed by atoms with Gasteiger partial charge in [-0.15, -0.1) is 0 Å². The Hall–Kier alpha value is -8.36. The van der Waals surface area contributed by atoms with Crippen molar-refractivity contribution >= 4 is 55.7 Å². The molecule has 0 aliphatic rings. The normalized spacial score (nSPS) is 13.7. The Bertz CT molecular complexity index is 4000. The van der Waals surface area contributed by atoms with Crippen LogP contribution in [-0.4, -0.2) is 35.1 Å². The number of benzene rings is 7. The summed E-state index contributed by atoms with van der Waals surface area (Å²) in [6.45, 7) is 8.44. The van der Waals surface area contributed by atoms with Crippen LogP contribution in [0, 0.1) is 11.8 Å². The summed E-state index contributed by atoms with van der Waals surface area (Å²) in [5.74, 6) is -2.69. The number of para-hydroxylation sites is 1. The first-order valence-electron chi connectivity index (χ1n) is 27.8. The van der Waals surface area contributed by atoms with Crippen LogP contribution in [0.2, 0.25) is 0 Å². The highest BCUT2D eigenvalue weighted by atomic mass is 19.4. The number of nitrogens with zero attached hydrogens (tertiary/aromatic N) is 1. The molecule has 1 N–H and O–H groups in total. The van der Waals surface area contributed by atoms with Crippen molar-refractivity contribution in [3.8, 4) is 39.4 Å². The minimum absolute atomic E-state index is 0.0343. The van der Waals surface area contributed by atoms with Crippen LogP contribution in [0.15, 0.2) is 123 Å². The Kier molecular flexibility index (Phi) is 17.5. The van der Waals surface area contributed by atoms with Gasteiger partial charge in [0.05, 0.1) is 46.7 Å². The predicted molar refractivity (Wildman–Crippen MR) is 302 cm³/mol. The molecule has 0 saturated heterocycles. The summed E-state index contributed by atoms with van der Waals surface area (Å²) in [5.41, 5.74) is -13.4. The highest BCUT2D eigenvalue weighted by Gasteiger charge is 2.40.